The molecule has 1 N–H and O–H groups in total. The molecule has 0 bridgehead atoms. The predicted molar refractivity (Wildman–Crippen MR) is 67.0 cm³/mol. The van der Waals surface area contributed by atoms with Gasteiger partial charge < -0.3 is 14.8 Å². The van der Waals surface area contributed by atoms with E-state index in [4.69, 9.17) is 9.47 Å². The maximum Gasteiger partial charge on any atom is 0.0639 e. The Morgan fingerprint density at radius 2 is 2.06 bits per heavy atom. The Kier molecular flexibility index (Phi) is 6.61. The molecule has 3 nitrogen and oxygen atoms in total. The maximum absolute atomic E-state index is 5.45. The van der Waals surface area contributed by atoms with E-state index in [1.165, 1.54) is 5.56 Å². The summed E-state index contributed by atoms with van der Waals surface area (Å²) in [5.74, 6) is 0. The largest absolute Gasteiger partial charge is 0.385 e. The molecule has 0 radical (unpaired) electrons. The summed E-state index contributed by atoms with van der Waals surface area (Å²) in [6.45, 7) is 5.20. The van der Waals surface area contributed by atoms with Gasteiger partial charge in [-0.25, -0.2) is 0 Å². The Morgan fingerprint density at radius 3 is 2.81 bits per heavy atom. The van der Waals surface area contributed by atoms with Gasteiger partial charge in [0.05, 0.1) is 6.61 Å². The lowest BCUT2D eigenvalue weighted by Gasteiger charge is -2.07. The Hall–Kier alpha value is -1.06. The van der Waals surface area contributed by atoms with Crippen LogP contribution in [0.3, 0.4) is 0 Å². The summed E-state index contributed by atoms with van der Waals surface area (Å²) in [5.41, 5.74) is 2.42. The topological polar surface area (TPSA) is 30.5 Å². The molecule has 0 spiro atoms. The molecule has 0 amide bonds. The minimum Gasteiger partial charge on any atom is -0.385 e. The van der Waals surface area contributed by atoms with Crippen molar-refractivity contribution in [3.63, 3.8) is 0 Å². The van der Waals surface area contributed by atoms with Crippen LogP contribution in [0.2, 0.25) is 0 Å². The molecule has 1 aromatic rings. The van der Waals surface area contributed by atoms with Crippen LogP contribution < -0.4 is 5.32 Å². The first-order valence-electron chi connectivity index (χ1n) is 5.70. The van der Waals surface area contributed by atoms with Crippen LogP contribution in [-0.2, 0) is 9.47 Å². The number of hydrogen-bond donors (Lipinski definition) is 1. The van der Waals surface area contributed by atoms with Gasteiger partial charge in [-0.15, -0.1) is 0 Å². The quantitative estimate of drug-likeness (QED) is 0.687. The number of rotatable bonds is 8. The average Bonchev–Trinajstić information content (AvgIpc) is 2.28. The third kappa shape index (κ3) is 5.73. The summed E-state index contributed by atoms with van der Waals surface area (Å²) in [4.78, 5) is 0. The van der Waals surface area contributed by atoms with Crippen molar-refractivity contribution in [3.8, 4) is 0 Å². The maximum atomic E-state index is 5.45. The highest BCUT2D eigenvalue weighted by molar-refractivity contribution is 5.45. The molecule has 0 unspecified atom stereocenters. The zero-order valence-corrected chi connectivity index (χ0v) is 10.2. The summed E-state index contributed by atoms with van der Waals surface area (Å²) in [5, 5.41) is 3.32. The molecule has 1 rings (SSSR count). The third-order valence-corrected chi connectivity index (χ3v) is 2.23. The van der Waals surface area contributed by atoms with E-state index in [0.717, 1.165) is 38.5 Å². The third-order valence-electron chi connectivity index (χ3n) is 2.23. The van der Waals surface area contributed by atoms with E-state index in [-0.39, 0.29) is 0 Å². The highest BCUT2D eigenvalue weighted by Crippen LogP contribution is 2.08. The molecule has 0 heterocycles. The van der Waals surface area contributed by atoms with Gasteiger partial charge in [0.2, 0.25) is 0 Å². The fourth-order valence-corrected chi connectivity index (χ4v) is 1.43. The van der Waals surface area contributed by atoms with E-state index < -0.39 is 0 Å². The summed E-state index contributed by atoms with van der Waals surface area (Å²) < 4.78 is 10.4. The van der Waals surface area contributed by atoms with Gasteiger partial charge in [-0.3, -0.25) is 0 Å². The molecule has 0 fully saturated rings. The van der Waals surface area contributed by atoms with Crippen LogP contribution in [0.15, 0.2) is 24.3 Å². The van der Waals surface area contributed by atoms with E-state index in [0.29, 0.717) is 0 Å². The average molecular weight is 223 g/mol. The number of hydrogen-bond acceptors (Lipinski definition) is 3. The van der Waals surface area contributed by atoms with Gasteiger partial charge in [0.1, 0.15) is 0 Å². The lowest BCUT2D eigenvalue weighted by molar-refractivity contribution is 0.109. The molecule has 0 aliphatic heterocycles. The number of ether oxygens (including phenoxy) is 2. The molecule has 3 heteroatoms. The fourth-order valence-electron chi connectivity index (χ4n) is 1.43. The highest BCUT2D eigenvalue weighted by Gasteiger charge is 1.92. The van der Waals surface area contributed by atoms with Crippen LogP contribution >= 0.6 is 0 Å². The zero-order valence-electron chi connectivity index (χ0n) is 10.2. The fraction of sp³-hybridized carbons (Fsp3) is 0.538. The van der Waals surface area contributed by atoms with Crippen molar-refractivity contribution < 1.29 is 9.47 Å². The zero-order chi connectivity index (χ0) is 11.6. The second-order valence-electron chi connectivity index (χ2n) is 3.75. The first-order chi connectivity index (χ1) is 7.83. The molecule has 0 atom stereocenters. The molecular weight excluding hydrogens is 202 g/mol. The molecule has 1 aromatic carbocycles. The Morgan fingerprint density at radius 1 is 1.19 bits per heavy atom. The van der Waals surface area contributed by atoms with Crippen LogP contribution in [0.5, 0.6) is 0 Å². The van der Waals surface area contributed by atoms with E-state index in [9.17, 15) is 0 Å². The van der Waals surface area contributed by atoms with Crippen LogP contribution in [0.4, 0.5) is 5.69 Å². The van der Waals surface area contributed by atoms with Crippen molar-refractivity contribution >= 4 is 5.69 Å². The molecule has 0 aliphatic carbocycles. The summed E-state index contributed by atoms with van der Waals surface area (Å²) in [6, 6.07) is 8.34. The normalized spacial score (nSPS) is 10.4. The van der Waals surface area contributed by atoms with Gasteiger partial charge in [0.15, 0.2) is 0 Å². The molecule has 0 aromatic heterocycles. The standard InChI is InChI=1S/C13H21NO2/c1-12-5-3-6-13(11-12)14-7-10-16-9-4-8-15-2/h3,5-6,11,14H,4,7-10H2,1-2H3. The number of benzene rings is 1. The number of nitrogens with one attached hydrogen (secondary N) is 1. The van der Waals surface area contributed by atoms with Crippen molar-refractivity contribution in [2.45, 2.75) is 13.3 Å². The number of methoxy groups -OCH3 is 1. The van der Waals surface area contributed by atoms with Gasteiger partial charge in [-0.1, -0.05) is 12.1 Å². The smallest absolute Gasteiger partial charge is 0.0639 e. The summed E-state index contributed by atoms with van der Waals surface area (Å²) in [6.07, 6.45) is 0.959. The SMILES string of the molecule is COCCCOCCNc1cccc(C)c1. The molecule has 0 saturated heterocycles. The predicted octanol–water partition coefficient (Wildman–Crippen LogP) is 2.46. The van der Waals surface area contributed by atoms with Crippen molar-refractivity contribution in [2.24, 2.45) is 0 Å². The summed E-state index contributed by atoms with van der Waals surface area (Å²) in [7, 11) is 1.71. The summed E-state index contributed by atoms with van der Waals surface area (Å²) >= 11 is 0. The van der Waals surface area contributed by atoms with Gasteiger partial charge in [0, 0.05) is 32.6 Å². The van der Waals surface area contributed by atoms with E-state index in [1.54, 1.807) is 7.11 Å². The van der Waals surface area contributed by atoms with Crippen LogP contribution in [-0.4, -0.2) is 33.5 Å². The molecule has 90 valence electrons. The van der Waals surface area contributed by atoms with Gasteiger partial charge in [-0.2, -0.15) is 0 Å². The number of aryl methyl sites for hydroxylation is 1. The number of anilines is 1. The van der Waals surface area contributed by atoms with Crippen LogP contribution in [0, 0.1) is 6.92 Å². The lowest BCUT2D eigenvalue weighted by atomic mass is 10.2. The van der Waals surface area contributed by atoms with Gasteiger partial charge in [0.25, 0.3) is 0 Å². The Balaban J connectivity index is 2.03. The second-order valence-corrected chi connectivity index (χ2v) is 3.75. The van der Waals surface area contributed by atoms with Gasteiger partial charge >= 0.3 is 0 Å². The molecule has 0 aliphatic rings. The Bertz CT molecular complexity index is 289. The van der Waals surface area contributed by atoms with Crippen molar-refractivity contribution in [1.29, 1.82) is 0 Å². The van der Waals surface area contributed by atoms with E-state index in [2.05, 4.69) is 36.5 Å². The highest BCUT2D eigenvalue weighted by atomic mass is 16.5. The van der Waals surface area contributed by atoms with E-state index in [1.807, 2.05) is 0 Å². The molecular formula is C13H21NO2. The van der Waals surface area contributed by atoms with Crippen LogP contribution in [0.1, 0.15) is 12.0 Å². The van der Waals surface area contributed by atoms with Crippen LogP contribution in [0.25, 0.3) is 0 Å². The second kappa shape index (κ2) is 8.13. The van der Waals surface area contributed by atoms with Crippen molar-refractivity contribution in [1.82, 2.24) is 0 Å². The first kappa shape index (κ1) is 13.0. The minimum absolute atomic E-state index is 0.734. The lowest BCUT2D eigenvalue weighted by Crippen LogP contribution is -2.10. The molecule has 16 heavy (non-hydrogen) atoms. The van der Waals surface area contributed by atoms with Crippen molar-refractivity contribution in [2.75, 3.05) is 38.8 Å². The minimum atomic E-state index is 0.734. The molecule has 0 saturated carbocycles. The van der Waals surface area contributed by atoms with Crippen molar-refractivity contribution in [3.05, 3.63) is 29.8 Å². The van der Waals surface area contributed by atoms with Gasteiger partial charge in [-0.05, 0) is 31.0 Å². The van der Waals surface area contributed by atoms with E-state index >= 15 is 0 Å². The first-order valence-corrected chi connectivity index (χ1v) is 5.70. The monoisotopic (exact) mass is 223 g/mol. The Labute approximate surface area is 97.8 Å².